The van der Waals surface area contributed by atoms with E-state index in [2.05, 4.69) is 36.9 Å². The number of halogens is 1. The molecule has 0 saturated carbocycles. The predicted molar refractivity (Wildman–Crippen MR) is 262 cm³/mol. The number of carbonyl (C=O) groups is 1. The maximum absolute atomic E-state index is 13.9. The number of benzene rings is 5. The van der Waals surface area contributed by atoms with Crippen LogP contribution in [0.3, 0.4) is 0 Å². The molecule has 4 N–H and O–H groups in total. The van der Waals surface area contributed by atoms with E-state index in [1.54, 1.807) is 55.1 Å². The van der Waals surface area contributed by atoms with Gasteiger partial charge in [-0.25, -0.2) is 17.6 Å². The lowest BCUT2D eigenvalue weighted by Gasteiger charge is -2.37. The average Bonchev–Trinajstić information content (AvgIpc) is 3.58. The van der Waals surface area contributed by atoms with Crippen molar-refractivity contribution in [2.45, 2.75) is 55.0 Å². The number of rotatable bonds is 16. The first-order valence-corrected chi connectivity index (χ1v) is 24.7. The van der Waals surface area contributed by atoms with Gasteiger partial charge in [-0.1, -0.05) is 30.3 Å². The molecule has 1 aromatic heterocycles. The number of likely N-dealkylation sites (tertiary alicyclic amines) is 1. The van der Waals surface area contributed by atoms with Crippen molar-refractivity contribution in [1.82, 2.24) is 9.47 Å². The van der Waals surface area contributed by atoms with E-state index in [0.717, 1.165) is 105 Å². The van der Waals surface area contributed by atoms with Crippen LogP contribution in [0.5, 0.6) is 0 Å². The summed E-state index contributed by atoms with van der Waals surface area (Å²) < 4.78 is 45.9. The van der Waals surface area contributed by atoms with Crippen LogP contribution < -0.4 is 19.8 Å². The summed E-state index contributed by atoms with van der Waals surface area (Å²) in [5.74, 6) is -0.518. The number of aliphatic hydroxyl groups excluding tert-OH is 1. The Kier molecular flexibility index (Phi) is 14.2. The normalized spacial score (nSPS) is 15.5. The summed E-state index contributed by atoms with van der Waals surface area (Å²) >= 11 is 1.80. The van der Waals surface area contributed by atoms with E-state index in [4.69, 9.17) is 0 Å². The summed E-state index contributed by atoms with van der Waals surface area (Å²) in [7, 11) is -2.03. The van der Waals surface area contributed by atoms with Gasteiger partial charge in [0.25, 0.3) is 10.0 Å². The molecule has 2 aliphatic heterocycles. The van der Waals surface area contributed by atoms with E-state index >= 15 is 0 Å². The van der Waals surface area contributed by atoms with E-state index in [9.17, 15) is 27.8 Å². The third-order valence-electron chi connectivity index (χ3n) is 12.7. The van der Waals surface area contributed by atoms with E-state index in [1.165, 1.54) is 17.0 Å². The summed E-state index contributed by atoms with van der Waals surface area (Å²) in [4.78, 5) is 21.0. The fourth-order valence-electron chi connectivity index (χ4n) is 8.90. The summed E-state index contributed by atoms with van der Waals surface area (Å²) in [6, 6.07) is 37.3. The molecule has 0 bridgehead atoms. The van der Waals surface area contributed by atoms with E-state index < -0.39 is 16.0 Å². The maximum atomic E-state index is 13.9. The molecule has 0 radical (unpaired) electrons. The Morgan fingerprint density at radius 3 is 2.14 bits per heavy atom. The maximum Gasteiger partial charge on any atom is 0.338 e. The summed E-state index contributed by atoms with van der Waals surface area (Å²) in [5, 5.41) is 24.0. The number of nitrogens with zero attached hydrogens (tertiary/aromatic N) is 4. The highest BCUT2D eigenvalue weighted by atomic mass is 32.2. The SMILES string of the molecule is Cc1cc(S(=O)(=O)Nc2ccc(N3CCN(c4cccc(-c5c(C(=O)O)c(C)n(C)c5-c5ccc(F)cc5)c4)CC3)cc2)ccc1N[C@H](CCN1CCC(O)CC1)CSc1ccccc1. The quantitative estimate of drug-likeness (QED) is 0.0698. The molecule has 2 aliphatic rings. The number of carboxylic acids is 1. The minimum Gasteiger partial charge on any atom is -0.478 e. The van der Waals surface area contributed by atoms with Crippen LogP contribution >= 0.6 is 11.8 Å². The van der Waals surface area contributed by atoms with Crippen molar-refractivity contribution >= 4 is 50.5 Å². The highest BCUT2D eigenvalue weighted by Crippen LogP contribution is 2.40. The lowest BCUT2D eigenvalue weighted by Crippen LogP contribution is -2.46. The zero-order chi connectivity index (χ0) is 45.7. The molecule has 14 heteroatoms. The highest BCUT2D eigenvalue weighted by molar-refractivity contribution is 7.99. The van der Waals surface area contributed by atoms with Crippen molar-refractivity contribution in [3.05, 3.63) is 144 Å². The Balaban J connectivity index is 0.893. The average molecular weight is 917 g/mol. The van der Waals surface area contributed by atoms with Crippen LogP contribution in [0.15, 0.2) is 131 Å². The van der Waals surface area contributed by atoms with Gasteiger partial charge in [0.1, 0.15) is 5.82 Å². The molecule has 0 spiro atoms. The number of anilines is 4. The summed E-state index contributed by atoms with van der Waals surface area (Å²) in [5.41, 5.74) is 7.85. The van der Waals surface area contributed by atoms with Crippen LogP contribution in [-0.2, 0) is 17.1 Å². The van der Waals surface area contributed by atoms with Gasteiger partial charge in [0.15, 0.2) is 0 Å². The second kappa shape index (κ2) is 20.2. The van der Waals surface area contributed by atoms with Crippen LogP contribution in [0, 0.1) is 19.7 Å². The predicted octanol–water partition coefficient (Wildman–Crippen LogP) is 9.36. The van der Waals surface area contributed by atoms with Crippen molar-refractivity contribution in [2.75, 3.05) is 71.4 Å². The Hall–Kier alpha value is -5.80. The molecule has 0 aliphatic carbocycles. The molecule has 2 fully saturated rings. The molecule has 2 saturated heterocycles. The standard InChI is InChI=1S/C51H57FN6O5S2/c1-35-32-46(20-21-47(35)53-41(34-64-45-10-5-4-6-11-45)22-25-56-26-23-44(59)24-27-56)65(62,63)54-40-16-18-42(19-17-40)57-28-30-58(31-29-57)43-9-7-8-38(33-43)49-48(51(60)61)36(2)55(3)50(49)37-12-14-39(52)15-13-37/h4-21,32-33,41,44,53-54,59H,22-31,34H2,1-3H3,(H,60,61)/t41-/m1/s1. The van der Waals surface area contributed by atoms with E-state index in [1.807, 2.05) is 79.2 Å². The van der Waals surface area contributed by atoms with Gasteiger partial charge >= 0.3 is 5.97 Å². The first-order valence-electron chi connectivity index (χ1n) is 22.2. The van der Waals surface area contributed by atoms with Crippen LogP contribution in [0.1, 0.15) is 40.9 Å². The number of piperazine rings is 1. The number of hydrogen-bond acceptors (Lipinski definition) is 9. The third-order valence-corrected chi connectivity index (χ3v) is 15.2. The molecular formula is C51H57FN6O5S2. The smallest absolute Gasteiger partial charge is 0.338 e. The fraction of sp³-hybridized carbons (Fsp3) is 0.314. The van der Waals surface area contributed by atoms with Crippen LogP contribution in [0.2, 0.25) is 0 Å². The number of thioether (sulfide) groups is 1. The zero-order valence-electron chi connectivity index (χ0n) is 37.1. The third kappa shape index (κ3) is 10.8. The van der Waals surface area contributed by atoms with Crippen molar-refractivity contribution in [2.24, 2.45) is 7.05 Å². The summed E-state index contributed by atoms with van der Waals surface area (Å²) in [6.45, 7) is 9.35. The molecule has 11 nitrogen and oxygen atoms in total. The van der Waals surface area contributed by atoms with Gasteiger partial charge in [-0.2, -0.15) is 0 Å². The second-order valence-electron chi connectivity index (χ2n) is 17.0. The number of hydrogen-bond donors (Lipinski definition) is 4. The number of carboxylic acid groups (broad SMARTS) is 1. The van der Waals surface area contributed by atoms with E-state index in [0.29, 0.717) is 22.6 Å². The molecule has 0 unspecified atom stereocenters. The molecule has 65 heavy (non-hydrogen) atoms. The molecule has 1 atom stereocenters. The van der Waals surface area contributed by atoms with Gasteiger partial charge in [-0.15, -0.1) is 11.8 Å². The molecule has 0 amide bonds. The first kappa shape index (κ1) is 45.8. The van der Waals surface area contributed by atoms with Gasteiger partial charge < -0.3 is 34.8 Å². The van der Waals surface area contributed by atoms with Gasteiger partial charge in [0.2, 0.25) is 0 Å². The molecule has 8 rings (SSSR count). The van der Waals surface area contributed by atoms with Gasteiger partial charge in [-0.05, 0) is 141 Å². The van der Waals surface area contributed by atoms with Crippen molar-refractivity contribution < 1.29 is 27.8 Å². The Labute approximate surface area is 386 Å². The first-order chi connectivity index (χ1) is 31.3. The highest BCUT2D eigenvalue weighted by Gasteiger charge is 2.27. The number of piperidine rings is 1. The van der Waals surface area contributed by atoms with Gasteiger partial charge in [0, 0.05) is 104 Å². The van der Waals surface area contributed by atoms with E-state index in [-0.39, 0.29) is 28.4 Å². The van der Waals surface area contributed by atoms with Gasteiger partial charge in [0.05, 0.1) is 22.3 Å². The Bertz CT molecular complexity index is 2700. The van der Waals surface area contributed by atoms with Crippen molar-refractivity contribution in [3.63, 3.8) is 0 Å². The Morgan fingerprint density at radius 1 is 0.800 bits per heavy atom. The molecule has 5 aromatic carbocycles. The monoisotopic (exact) mass is 916 g/mol. The number of aliphatic hydroxyl groups is 1. The number of nitrogens with one attached hydrogen (secondary N) is 2. The van der Waals surface area contributed by atoms with Crippen LogP contribution in [-0.4, -0.2) is 97.8 Å². The largest absolute Gasteiger partial charge is 0.478 e. The summed E-state index contributed by atoms with van der Waals surface area (Å²) in [6.07, 6.45) is 2.32. The lowest BCUT2D eigenvalue weighted by molar-refractivity contribution is 0.0696. The topological polar surface area (TPSA) is 130 Å². The second-order valence-corrected chi connectivity index (χ2v) is 19.8. The zero-order valence-corrected chi connectivity index (χ0v) is 38.7. The number of aromatic nitrogens is 1. The van der Waals surface area contributed by atoms with Gasteiger partial charge in [-0.3, -0.25) is 4.72 Å². The fourth-order valence-corrected chi connectivity index (χ4v) is 11.0. The van der Waals surface area contributed by atoms with Crippen LogP contribution in [0.25, 0.3) is 22.4 Å². The molecular weight excluding hydrogens is 860 g/mol. The number of aryl methyl sites for hydroxylation is 1. The molecule has 340 valence electrons. The molecule has 3 heterocycles. The minimum atomic E-state index is -3.86. The lowest BCUT2D eigenvalue weighted by atomic mass is 9.96. The molecule has 6 aromatic rings. The minimum absolute atomic E-state index is 0.153. The van der Waals surface area contributed by atoms with Crippen molar-refractivity contribution in [1.29, 1.82) is 0 Å². The van der Waals surface area contributed by atoms with Crippen molar-refractivity contribution in [3.8, 4) is 22.4 Å². The Morgan fingerprint density at radius 2 is 1.48 bits per heavy atom. The number of aromatic carboxylic acids is 1. The van der Waals surface area contributed by atoms with Crippen LogP contribution in [0.4, 0.5) is 27.1 Å². The number of sulfonamides is 1.